The second-order valence-electron chi connectivity index (χ2n) is 6.55. The summed E-state index contributed by atoms with van der Waals surface area (Å²) in [5.74, 6) is 0.605. The van der Waals surface area contributed by atoms with E-state index in [0.717, 1.165) is 19.6 Å². The lowest BCUT2D eigenvalue weighted by Crippen LogP contribution is -2.34. The van der Waals surface area contributed by atoms with E-state index in [0.29, 0.717) is 24.3 Å². The maximum atomic E-state index is 12.2. The van der Waals surface area contributed by atoms with Gasteiger partial charge in [0.15, 0.2) is 5.78 Å². The molecule has 0 aromatic carbocycles. The van der Waals surface area contributed by atoms with E-state index in [4.69, 9.17) is 4.74 Å². The van der Waals surface area contributed by atoms with Crippen LogP contribution in [0.3, 0.4) is 0 Å². The van der Waals surface area contributed by atoms with E-state index in [1.54, 1.807) is 0 Å². The van der Waals surface area contributed by atoms with Crippen molar-refractivity contribution in [1.29, 1.82) is 0 Å². The summed E-state index contributed by atoms with van der Waals surface area (Å²) in [5.41, 5.74) is 0.574. The predicted molar refractivity (Wildman–Crippen MR) is 70.5 cm³/mol. The Labute approximate surface area is 110 Å². The highest BCUT2D eigenvalue weighted by Gasteiger charge is 2.39. The maximum absolute atomic E-state index is 12.2. The SMILES string of the molecule is O=C(CN1CCC2(CCCCC2)C1)C1CCOC1. The molecular weight excluding hydrogens is 226 g/mol. The van der Waals surface area contributed by atoms with Gasteiger partial charge in [-0.05, 0) is 37.6 Å². The molecule has 3 nitrogen and oxygen atoms in total. The zero-order chi connectivity index (χ0) is 12.4. The zero-order valence-corrected chi connectivity index (χ0v) is 11.3. The first-order valence-corrected chi connectivity index (χ1v) is 7.60. The zero-order valence-electron chi connectivity index (χ0n) is 11.3. The number of Topliss-reactive ketones (excluding diaryl/α,β-unsaturated/α-hetero) is 1. The number of nitrogens with zero attached hydrogens (tertiary/aromatic N) is 1. The summed E-state index contributed by atoms with van der Waals surface area (Å²) in [7, 11) is 0. The van der Waals surface area contributed by atoms with E-state index >= 15 is 0 Å². The van der Waals surface area contributed by atoms with Crippen LogP contribution in [-0.2, 0) is 9.53 Å². The molecule has 0 N–H and O–H groups in total. The molecule has 0 aromatic heterocycles. The summed E-state index contributed by atoms with van der Waals surface area (Å²) in [5, 5.41) is 0. The molecule has 3 aliphatic rings. The van der Waals surface area contributed by atoms with Crippen molar-refractivity contribution in [1.82, 2.24) is 4.90 Å². The first-order chi connectivity index (χ1) is 8.77. The fourth-order valence-corrected chi connectivity index (χ4v) is 4.01. The van der Waals surface area contributed by atoms with Crippen LogP contribution in [0, 0.1) is 11.3 Å². The Morgan fingerprint density at radius 3 is 2.78 bits per heavy atom. The van der Waals surface area contributed by atoms with Crippen LogP contribution in [0.2, 0.25) is 0 Å². The quantitative estimate of drug-likeness (QED) is 0.770. The number of rotatable bonds is 3. The van der Waals surface area contributed by atoms with Gasteiger partial charge in [-0.15, -0.1) is 0 Å². The summed E-state index contributed by atoms with van der Waals surface area (Å²) in [4.78, 5) is 14.6. The summed E-state index contributed by atoms with van der Waals surface area (Å²) in [6.45, 7) is 4.43. The lowest BCUT2D eigenvalue weighted by atomic mass is 9.73. The third kappa shape index (κ3) is 2.62. The minimum absolute atomic E-state index is 0.188. The lowest BCUT2D eigenvalue weighted by molar-refractivity contribution is -0.123. The highest BCUT2D eigenvalue weighted by Crippen LogP contribution is 2.43. The molecule has 0 aromatic rings. The molecule has 1 atom stereocenters. The predicted octanol–water partition coefficient (Wildman–Crippen LogP) is 2.25. The van der Waals surface area contributed by atoms with Crippen molar-refractivity contribution in [3.63, 3.8) is 0 Å². The minimum atomic E-state index is 0.188. The fourth-order valence-electron chi connectivity index (χ4n) is 4.01. The van der Waals surface area contributed by atoms with Gasteiger partial charge < -0.3 is 4.74 Å². The van der Waals surface area contributed by atoms with Gasteiger partial charge in [0, 0.05) is 19.1 Å². The van der Waals surface area contributed by atoms with Crippen molar-refractivity contribution >= 4 is 5.78 Å². The molecule has 2 aliphatic heterocycles. The van der Waals surface area contributed by atoms with E-state index in [1.165, 1.54) is 45.1 Å². The standard InChI is InChI=1S/C15H25NO2/c17-14(13-4-9-18-11-13)10-16-8-7-15(12-16)5-2-1-3-6-15/h13H,1-12H2. The Bertz CT molecular complexity index is 304. The highest BCUT2D eigenvalue weighted by molar-refractivity contribution is 5.83. The van der Waals surface area contributed by atoms with Gasteiger partial charge in [-0.25, -0.2) is 0 Å². The van der Waals surface area contributed by atoms with E-state index in [9.17, 15) is 4.79 Å². The van der Waals surface area contributed by atoms with Crippen molar-refractivity contribution in [2.75, 3.05) is 32.8 Å². The normalized spacial score (nSPS) is 32.1. The number of carbonyl (C=O) groups excluding carboxylic acids is 1. The number of likely N-dealkylation sites (tertiary alicyclic amines) is 1. The van der Waals surface area contributed by atoms with Crippen LogP contribution in [0.4, 0.5) is 0 Å². The molecule has 2 heterocycles. The average Bonchev–Trinajstić information content (AvgIpc) is 3.01. The van der Waals surface area contributed by atoms with E-state index in [-0.39, 0.29) is 5.92 Å². The Balaban J connectivity index is 1.51. The fraction of sp³-hybridized carbons (Fsp3) is 0.933. The first-order valence-electron chi connectivity index (χ1n) is 7.60. The lowest BCUT2D eigenvalue weighted by Gasteiger charge is -2.33. The van der Waals surface area contributed by atoms with Crippen LogP contribution < -0.4 is 0 Å². The number of hydrogen-bond acceptors (Lipinski definition) is 3. The second-order valence-corrected chi connectivity index (χ2v) is 6.55. The molecule has 3 fully saturated rings. The van der Waals surface area contributed by atoms with Gasteiger partial charge in [0.2, 0.25) is 0 Å². The van der Waals surface area contributed by atoms with Crippen LogP contribution in [0.5, 0.6) is 0 Å². The Morgan fingerprint density at radius 2 is 2.06 bits per heavy atom. The molecule has 0 radical (unpaired) electrons. The Hall–Kier alpha value is -0.410. The molecule has 1 aliphatic carbocycles. The smallest absolute Gasteiger partial charge is 0.152 e. The van der Waals surface area contributed by atoms with Crippen LogP contribution in [0.15, 0.2) is 0 Å². The molecule has 3 heteroatoms. The van der Waals surface area contributed by atoms with Crippen molar-refractivity contribution in [2.24, 2.45) is 11.3 Å². The highest BCUT2D eigenvalue weighted by atomic mass is 16.5. The molecule has 1 spiro atoms. The molecule has 2 saturated heterocycles. The Morgan fingerprint density at radius 1 is 1.22 bits per heavy atom. The largest absolute Gasteiger partial charge is 0.381 e. The van der Waals surface area contributed by atoms with Gasteiger partial charge in [0.05, 0.1) is 13.2 Å². The monoisotopic (exact) mass is 251 g/mol. The topological polar surface area (TPSA) is 29.5 Å². The van der Waals surface area contributed by atoms with Crippen molar-refractivity contribution in [3.05, 3.63) is 0 Å². The van der Waals surface area contributed by atoms with Gasteiger partial charge >= 0.3 is 0 Å². The number of ketones is 1. The maximum Gasteiger partial charge on any atom is 0.152 e. The van der Waals surface area contributed by atoms with E-state index in [1.807, 2.05) is 0 Å². The van der Waals surface area contributed by atoms with Gasteiger partial charge in [0.1, 0.15) is 0 Å². The molecule has 1 saturated carbocycles. The molecule has 1 unspecified atom stereocenters. The molecule has 102 valence electrons. The number of hydrogen-bond donors (Lipinski definition) is 0. The summed E-state index contributed by atoms with van der Waals surface area (Å²) in [6, 6.07) is 0. The van der Waals surface area contributed by atoms with Crippen molar-refractivity contribution in [3.8, 4) is 0 Å². The molecular formula is C15H25NO2. The number of carbonyl (C=O) groups is 1. The van der Waals surface area contributed by atoms with Crippen LogP contribution in [0.1, 0.15) is 44.9 Å². The molecule has 0 bridgehead atoms. The van der Waals surface area contributed by atoms with Crippen LogP contribution in [-0.4, -0.2) is 43.5 Å². The summed E-state index contributed by atoms with van der Waals surface area (Å²) < 4.78 is 5.31. The molecule has 18 heavy (non-hydrogen) atoms. The van der Waals surface area contributed by atoms with Crippen LogP contribution in [0.25, 0.3) is 0 Å². The average molecular weight is 251 g/mol. The van der Waals surface area contributed by atoms with Crippen molar-refractivity contribution < 1.29 is 9.53 Å². The van der Waals surface area contributed by atoms with Gasteiger partial charge in [-0.1, -0.05) is 19.3 Å². The van der Waals surface area contributed by atoms with Crippen molar-refractivity contribution in [2.45, 2.75) is 44.9 Å². The third-order valence-corrected chi connectivity index (χ3v) is 5.20. The molecule has 3 rings (SSSR count). The van der Waals surface area contributed by atoms with Gasteiger partial charge in [0.25, 0.3) is 0 Å². The number of ether oxygens (including phenoxy) is 1. The van der Waals surface area contributed by atoms with Gasteiger partial charge in [-0.2, -0.15) is 0 Å². The Kier molecular flexibility index (Phi) is 3.71. The van der Waals surface area contributed by atoms with Crippen LogP contribution >= 0.6 is 0 Å². The third-order valence-electron chi connectivity index (χ3n) is 5.20. The van der Waals surface area contributed by atoms with Gasteiger partial charge in [-0.3, -0.25) is 9.69 Å². The molecule has 0 amide bonds. The van der Waals surface area contributed by atoms with E-state index in [2.05, 4.69) is 4.90 Å². The van der Waals surface area contributed by atoms with E-state index < -0.39 is 0 Å². The summed E-state index contributed by atoms with van der Waals surface area (Å²) in [6.07, 6.45) is 9.27. The first kappa shape index (κ1) is 12.6. The minimum Gasteiger partial charge on any atom is -0.381 e. The summed E-state index contributed by atoms with van der Waals surface area (Å²) >= 11 is 0. The second kappa shape index (κ2) is 5.30.